The molecule has 1 aromatic rings. The number of piperidine rings is 1. The van der Waals surface area contributed by atoms with Crippen molar-refractivity contribution in [2.75, 3.05) is 7.05 Å². The summed E-state index contributed by atoms with van der Waals surface area (Å²) in [6.45, 7) is 0. The van der Waals surface area contributed by atoms with Gasteiger partial charge in [-0.25, -0.2) is 0 Å². The van der Waals surface area contributed by atoms with E-state index in [1.807, 2.05) is 13.1 Å². The molecule has 0 radical (unpaired) electrons. The van der Waals surface area contributed by atoms with E-state index < -0.39 is 5.60 Å². The second-order valence-corrected chi connectivity index (χ2v) is 5.92. The molecular formula is C13H22N4O. The normalized spacial score (nSPS) is 38.0. The van der Waals surface area contributed by atoms with Crippen LogP contribution in [0.3, 0.4) is 0 Å². The van der Waals surface area contributed by atoms with Crippen LogP contribution in [0.5, 0.6) is 0 Å². The van der Waals surface area contributed by atoms with Gasteiger partial charge in [0.05, 0.1) is 17.3 Å². The van der Waals surface area contributed by atoms with Crippen molar-refractivity contribution in [3.05, 3.63) is 18.0 Å². The maximum Gasteiger partial charge on any atom is 0.0884 e. The number of nitrogens with zero attached hydrogens (tertiary/aromatic N) is 3. The lowest BCUT2D eigenvalue weighted by Gasteiger charge is -2.44. The molecule has 0 aromatic carbocycles. The van der Waals surface area contributed by atoms with E-state index >= 15 is 0 Å². The van der Waals surface area contributed by atoms with Crippen molar-refractivity contribution in [3.63, 3.8) is 0 Å². The highest BCUT2D eigenvalue weighted by Crippen LogP contribution is 2.44. The number of aliphatic hydroxyl groups is 1. The van der Waals surface area contributed by atoms with Gasteiger partial charge in [0.1, 0.15) is 0 Å². The zero-order valence-corrected chi connectivity index (χ0v) is 11.1. The Morgan fingerprint density at radius 3 is 2.50 bits per heavy atom. The molecule has 3 rings (SSSR count). The van der Waals surface area contributed by atoms with Gasteiger partial charge in [0.25, 0.3) is 0 Å². The SMILES string of the molecule is CN1C2CCC1CC(O)(C(N)c1ccnn1C)C2. The summed E-state index contributed by atoms with van der Waals surface area (Å²) < 4.78 is 1.77. The molecule has 18 heavy (non-hydrogen) atoms. The minimum absolute atomic E-state index is 0.346. The minimum Gasteiger partial charge on any atom is -0.388 e. The molecule has 0 amide bonds. The number of hydrogen-bond donors (Lipinski definition) is 2. The Morgan fingerprint density at radius 1 is 1.39 bits per heavy atom. The van der Waals surface area contributed by atoms with Gasteiger partial charge in [0.2, 0.25) is 0 Å². The van der Waals surface area contributed by atoms with Crippen molar-refractivity contribution >= 4 is 0 Å². The molecule has 3 atom stereocenters. The van der Waals surface area contributed by atoms with E-state index in [2.05, 4.69) is 17.0 Å². The number of nitrogens with two attached hydrogens (primary N) is 1. The fourth-order valence-electron chi connectivity index (χ4n) is 3.70. The van der Waals surface area contributed by atoms with Gasteiger partial charge in [-0.05, 0) is 38.8 Å². The van der Waals surface area contributed by atoms with Gasteiger partial charge >= 0.3 is 0 Å². The van der Waals surface area contributed by atoms with E-state index in [1.165, 1.54) is 12.8 Å². The van der Waals surface area contributed by atoms with Crippen LogP contribution in [0.15, 0.2) is 12.3 Å². The van der Waals surface area contributed by atoms with Crippen molar-refractivity contribution < 1.29 is 5.11 Å². The minimum atomic E-state index is -0.786. The van der Waals surface area contributed by atoms with E-state index in [0.717, 1.165) is 18.5 Å². The average Bonchev–Trinajstić information content (AvgIpc) is 2.82. The van der Waals surface area contributed by atoms with Crippen LogP contribution in [0.1, 0.15) is 37.4 Å². The van der Waals surface area contributed by atoms with E-state index in [4.69, 9.17) is 5.73 Å². The van der Waals surface area contributed by atoms with Gasteiger partial charge in [0.15, 0.2) is 0 Å². The van der Waals surface area contributed by atoms with Gasteiger partial charge in [-0.1, -0.05) is 0 Å². The Bertz CT molecular complexity index is 430. The maximum atomic E-state index is 10.9. The van der Waals surface area contributed by atoms with Crippen LogP contribution in [0, 0.1) is 0 Å². The molecule has 2 aliphatic heterocycles. The highest BCUT2D eigenvalue weighted by Gasteiger charge is 2.49. The molecule has 5 nitrogen and oxygen atoms in total. The van der Waals surface area contributed by atoms with Gasteiger partial charge in [-0.15, -0.1) is 0 Å². The molecule has 3 unspecified atom stereocenters. The highest BCUT2D eigenvalue weighted by molar-refractivity contribution is 5.15. The summed E-state index contributed by atoms with van der Waals surface area (Å²) >= 11 is 0. The van der Waals surface area contributed by atoms with Crippen molar-refractivity contribution in [1.29, 1.82) is 0 Å². The molecule has 0 saturated carbocycles. The van der Waals surface area contributed by atoms with Gasteiger partial charge in [-0.2, -0.15) is 5.10 Å². The fourth-order valence-corrected chi connectivity index (χ4v) is 3.70. The van der Waals surface area contributed by atoms with Crippen LogP contribution in [0.2, 0.25) is 0 Å². The molecular weight excluding hydrogens is 228 g/mol. The van der Waals surface area contributed by atoms with Crippen molar-refractivity contribution in [1.82, 2.24) is 14.7 Å². The van der Waals surface area contributed by atoms with Crippen molar-refractivity contribution in [2.24, 2.45) is 12.8 Å². The Morgan fingerprint density at radius 2 is 2.00 bits per heavy atom. The van der Waals surface area contributed by atoms with Crippen LogP contribution in [0.4, 0.5) is 0 Å². The Kier molecular flexibility index (Phi) is 2.73. The molecule has 2 bridgehead atoms. The van der Waals surface area contributed by atoms with Crippen LogP contribution >= 0.6 is 0 Å². The summed E-state index contributed by atoms with van der Waals surface area (Å²) in [6.07, 6.45) is 5.64. The first-order valence-electron chi connectivity index (χ1n) is 6.69. The third-order valence-electron chi connectivity index (χ3n) is 4.92. The summed E-state index contributed by atoms with van der Waals surface area (Å²) in [5.41, 5.74) is 6.45. The molecule has 2 fully saturated rings. The van der Waals surface area contributed by atoms with E-state index in [9.17, 15) is 5.11 Å². The molecule has 2 saturated heterocycles. The molecule has 0 aliphatic carbocycles. The Balaban J connectivity index is 1.86. The standard InChI is InChI=1S/C13H22N4O/c1-16-9-3-4-10(16)8-13(18,7-9)12(14)11-5-6-15-17(11)2/h5-6,9-10,12,18H,3-4,7-8,14H2,1-2H3. The molecule has 0 spiro atoms. The van der Waals surface area contributed by atoms with Crippen molar-refractivity contribution in [2.45, 2.75) is 49.4 Å². The van der Waals surface area contributed by atoms with Gasteiger partial charge in [0, 0.05) is 25.3 Å². The zero-order chi connectivity index (χ0) is 12.9. The first kappa shape index (κ1) is 12.1. The smallest absolute Gasteiger partial charge is 0.0884 e. The molecule has 1 aromatic heterocycles. The molecule has 5 heteroatoms. The third kappa shape index (κ3) is 1.69. The van der Waals surface area contributed by atoms with Gasteiger partial charge < -0.3 is 15.7 Å². The zero-order valence-electron chi connectivity index (χ0n) is 11.1. The number of rotatable bonds is 2. The largest absolute Gasteiger partial charge is 0.388 e. The first-order valence-corrected chi connectivity index (χ1v) is 6.69. The van der Waals surface area contributed by atoms with Gasteiger partial charge in [-0.3, -0.25) is 4.68 Å². The lowest BCUT2D eigenvalue weighted by atomic mass is 9.79. The summed E-state index contributed by atoms with van der Waals surface area (Å²) in [5.74, 6) is 0. The van der Waals surface area contributed by atoms with Crippen LogP contribution in [-0.2, 0) is 7.05 Å². The third-order valence-corrected chi connectivity index (χ3v) is 4.92. The quantitative estimate of drug-likeness (QED) is 0.797. The average molecular weight is 250 g/mol. The fraction of sp³-hybridized carbons (Fsp3) is 0.769. The number of fused-ring (bicyclic) bond motifs is 2. The second-order valence-electron chi connectivity index (χ2n) is 5.92. The summed E-state index contributed by atoms with van der Waals surface area (Å²) in [7, 11) is 4.04. The molecule has 3 N–H and O–H groups in total. The van der Waals surface area contributed by atoms with Crippen LogP contribution < -0.4 is 5.73 Å². The summed E-state index contributed by atoms with van der Waals surface area (Å²) in [6, 6.07) is 2.52. The number of aryl methyl sites for hydroxylation is 1. The predicted molar refractivity (Wildman–Crippen MR) is 68.9 cm³/mol. The summed E-state index contributed by atoms with van der Waals surface area (Å²) in [4.78, 5) is 2.41. The van der Waals surface area contributed by atoms with Crippen LogP contribution in [-0.4, -0.2) is 44.5 Å². The molecule has 2 aliphatic rings. The van der Waals surface area contributed by atoms with E-state index in [0.29, 0.717) is 12.1 Å². The number of aromatic nitrogens is 2. The summed E-state index contributed by atoms with van der Waals surface area (Å²) in [5, 5.41) is 15.1. The topological polar surface area (TPSA) is 67.3 Å². The van der Waals surface area contributed by atoms with Crippen molar-refractivity contribution in [3.8, 4) is 0 Å². The van der Waals surface area contributed by atoms with Crippen LogP contribution in [0.25, 0.3) is 0 Å². The highest BCUT2D eigenvalue weighted by atomic mass is 16.3. The number of hydrogen-bond acceptors (Lipinski definition) is 4. The Hall–Kier alpha value is -0.910. The predicted octanol–water partition coefficient (Wildman–Crippen LogP) is 0.408. The second kappa shape index (κ2) is 4.05. The lowest BCUT2D eigenvalue weighted by molar-refractivity contribution is -0.0644. The lowest BCUT2D eigenvalue weighted by Crippen LogP contribution is -2.54. The molecule has 100 valence electrons. The Labute approximate surface area is 108 Å². The monoisotopic (exact) mass is 250 g/mol. The van der Waals surface area contributed by atoms with E-state index in [-0.39, 0.29) is 6.04 Å². The molecule has 3 heterocycles. The first-order chi connectivity index (χ1) is 8.51. The maximum absolute atomic E-state index is 10.9. The van der Waals surface area contributed by atoms with E-state index in [1.54, 1.807) is 10.9 Å².